The highest BCUT2D eigenvalue weighted by molar-refractivity contribution is 6.33. The number of urea groups is 1. The van der Waals surface area contributed by atoms with Gasteiger partial charge in [-0.2, -0.15) is 13.2 Å². The molecule has 3 N–H and O–H groups in total. The zero-order valence-corrected chi connectivity index (χ0v) is 12.4. The molecule has 0 aromatic carbocycles. The quantitative estimate of drug-likeness (QED) is 0.891. The van der Waals surface area contributed by atoms with Crippen molar-refractivity contribution in [2.75, 3.05) is 18.0 Å². The molecular weight excluding hydrogens is 321 g/mol. The summed E-state index contributed by atoms with van der Waals surface area (Å²) in [5, 5.41) is 2.46. The number of anilines is 1. The van der Waals surface area contributed by atoms with E-state index >= 15 is 0 Å². The van der Waals surface area contributed by atoms with E-state index in [4.69, 9.17) is 17.3 Å². The molecule has 2 heterocycles. The fraction of sp³-hybridized carbons (Fsp3) is 0.538. The second kappa shape index (κ2) is 6.60. The van der Waals surface area contributed by atoms with Gasteiger partial charge in [-0.3, -0.25) is 0 Å². The minimum Gasteiger partial charge on any atom is -0.352 e. The number of pyridine rings is 1. The molecule has 0 radical (unpaired) electrons. The Balaban J connectivity index is 2.22. The Kier molecular flexibility index (Phi) is 5.00. The summed E-state index contributed by atoms with van der Waals surface area (Å²) in [5.41, 5.74) is 4.17. The molecule has 1 aliphatic heterocycles. The lowest BCUT2D eigenvalue weighted by molar-refractivity contribution is -0.137. The lowest BCUT2D eigenvalue weighted by Crippen LogP contribution is -2.48. The van der Waals surface area contributed by atoms with Crippen LogP contribution in [0.4, 0.5) is 23.8 Å². The van der Waals surface area contributed by atoms with E-state index in [1.54, 1.807) is 0 Å². The monoisotopic (exact) mass is 336 g/mol. The maximum absolute atomic E-state index is 12.7. The fourth-order valence-electron chi connectivity index (χ4n) is 2.51. The number of hydrogen-bond acceptors (Lipinski definition) is 3. The van der Waals surface area contributed by atoms with Crippen molar-refractivity contribution in [2.24, 2.45) is 5.73 Å². The number of piperidine rings is 1. The molecule has 2 rings (SSSR count). The zero-order chi connectivity index (χ0) is 16.3. The fourth-order valence-corrected chi connectivity index (χ4v) is 2.78. The Bertz CT molecular complexity index is 553. The van der Waals surface area contributed by atoms with Gasteiger partial charge in [0.25, 0.3) is 0 Å². The first-order valence-corrected chi connectivity index (χ1v) is 7.19. The maximum atomic E-state index is 12.7. The van der Waals surface area contributed by atoms with Crippen LogP contribution in [0.5, 0.6) is 0 Å². The highest BCUT2D eigenvalue weighted by Gasteiger charge is 2.33. The van der Waals surface area contributed by atoms with Gasteiger partial charge in [0.1, 0.15) is 5.82 Å². The van der Waals surface area contributed by atoms with Crippen LogP contribution < -0.4 is 16.0 Å². The lowest BCUT2D eigenvalue weighted by Gasteiger charge is -2.37. The molecule has 9 heteroatoms. The zero-order valence-electron chi connectivity index (χ0n) is 11.7. The number of alkyl halides is 3. The van der Waals surface area contributed by atoms with E-state index in [0.29, 0.717) is 18.9 Å². The van der Waals surface area contributed by atoms with Crippen LogP contribution in [-0.2, 0) is 6.18 Å². The molecule has 1 saturated heterocycles. The molecule has 2 amide bonds. The number of hydrogen-bond donors (Lipinski definition) is 2. The van der Waals surface area contributed by atoms with Gasteiger partial charge in [0.2, 0.25) is 0 Å². The van der Waals surface area contributed by atoms with Crippen LogP contribution in [0.15, 0.2) is 12.3 Å². The minimum atomic E-state index is -4.48. The number of carbonyl (C=O) groups is 1. The van der Waals surface area contributed by atoms with E-state index in [-0.39, 0.29) is 11.1 Å². The number of carbonyl (C=O) groups excluding carboxylic acids is 1. The summed E-state index contributed by atoms with van der Waals surface area (Å²) in [6.45, 7) is 0.914. The van der Waals surface area contributed by atoms with E-state index < -0.39 is 17.8 Å². The highest BCUT2D eigenvalue weighted by Crippen LogP contribution is 2.35. The second-order valence-electron chi connectivity index (χ2n) is 5.12. The molecule has 1 aromatic heterocycles. The van der Waals surface area contributed by atoms with Crippen LogP contribution in [0.3, 0.4) is 0 Å². The third-order valence-electron chi connectivity index (χ3n) is 3.56. The smallest absolute Gasteiger partial charge is 0.352 e. The molecular formula is C13H16ClF3N4O. The van der Waals surface area contributed by atoms with Gasteiger partial charge in [0.05, 0.1) is 10.6 Å². The number of halogens is 4. The SMILES string of the molecule is NC(=O)NC[C@@H]1CCCCN1c1ncc(C(F)(F)F)cc1Cl. The summed E-state index contributed by atoms with van der Waals surface area (Å²) in [4.78, 5) is 16.5. The summed E-state index contributed by atoms with van der Waals surface area (Å²) in [7, 11) is 0. The van der Waals surface area contributed by atoms with Crippen molar-refractivity contribution in [3.05, 3.63) is 22.8 Å². The van der Waals surface area contributed by atoms with Crippen molar-refractivity contribution < 1.29 is 18.0 Å². The second-order valence-corrected chi connectivity index (χ2v) is 5.52. The number of amides is 2. The molecule has 0 aliphatic carbocycles. The van der Waals surface area contributed by atoms with Gasteiger partial charge < -0.3 is 16.0 Å². The third-order valence-corrected chi connectivity index (χ3v) is 3.84. The predicted molar refractivity (Wildman–Crippen MR) is 76.8 cm³/mol. The molecule has 5 nitrogen and oxygen atoms in total. The van der Waals surface area contributed by atoms with Gasteiger partial charge in [-0.15, -0.1) is 0 Å². The first-order valence-electron chi connectivity index (χ1n) is 6.81. The van der Waals surface area contributed by atoms with E-state index in [0.717, 1.165) is 31.5 Å². The summed E-state index contributed by atoms with van der Waals surface area (Å²) in [6.07, 6.45) is -1.09. The number of nitrogens with zero attached hydrogens (tertiary/aromatic N) is 2. The minimum absolute atomic E-state index is 0.0548. The van der Waals surface area contributed by atoms with E-state index in [9.17, 15) is 18.0 Å². The van der Waals surface area contributed by atoms with Crippen LogP contribution in [0.2, 0.25) is 5.02 Å². The molecule has 0 spiro atoms. The number of rotatable bonds is 3. The topological polar surface area (TPSA) is 71.2 Å². The molecule has 1 atom stereocenters. The summed E-state index contributed by atoms with van der Waals surface area (Å²) < 4.78 is 38.0. The van der Waals surface area contributed by atoms with Crippen molar-refractivity contribution in [2.45, 2.75) is 31.5 Å². The van der Waals surface area contributed by atoms with Crippen molar-refractivity contribution in [1.82, 2.24) is 10.3 Å². The van der Waals surface area contributed by atoms with Crippen molar-refractivity contribution in [3.63, 3.8) is 0 Å². The van der Waals surface area contributed by atoms with Gasteiger partial charge in [-0.25, -0.2) is 9.78 Å². The van der Waals surface area contributed by atoms with Crippen LogP contribution in [0, 0.1) is 0 Å². The number of nitrogens with one attached hydrogen (secondary N) is 1. The first kappa shape index (κ1) is 16.7. The first-order chi connectivity index (χ1) is 10.3. The van der Waals surface area contributed by atoms with Crippen molar-refractivity contribution in [3.8, 4) is 0 Å². The molecule has 0 bridgehead atoms. The van der Waals surface area contributed by atoms with Crippen LogP contribution >= 0.6 is 11.6 Å². The average Bonchev–Trinajstić information content (AvgIpc) is 2.44. The highest BCUT2D eigenvalue weighted by atomic mass is 35.5. The average molecular weight is 337 g/mol. The summed E-state index contributed by atoms with van der Waals surface area (Å²) in [5.74, 6) is 0.297. The molecule has 1 fully saturated rings. The summed E-state index contributed by atoms with van der Waals surface area (Å²) in [6, 6.07) is 0.136. The van der Waals surface area contributed by atoms with Crippen LogP contribution in [0.1, 0.15) is 24.8 Å². The van der Waals surface area contributed by atoms with E-state index in [2.05, 4.69) is 10.3 Å². The van der Waals surface area contributed by atoms with Gasteiger partial charge in [-0.05, 0) is 25.3 Å². The largest absolute Gasteiger partial charge is 0.417 e. The van der Waals surface area contributed by atoms with Gasteiger partial charge in [0.15, 0.2) is 0 Å². The molecule has 1 aromatic rings. The van der Waals surface area contributed by atoms with E-state index in [1.165, 1.54) is 0 Å². The Labute approximate surface area is 130 Å². The number of aromatic nitrogens is 1. The summed E-state index contributed by atoms with van der Waals surface area (Å²) >= 11 is 5.98. The number of nitrogens with two attached hydrogens (primary N) is 1. The Morgan fingerprint density at radius 2 is 2.23 bits per heavy atom. The van der Waals surface area contributed by atoms with Gasteiger partial charge in [0, 0.05) is 25.3 Å². The van der Waals surface area contributed by atoms with E-state index in [1.807, 2.05) is 4.90 Å². The van der Waals surface area contributed by atoms with Crippen LogP contribution in [0.25, 0.3) is 0 Å². The maximum Gasteiger partial charge on any atom is 0.417 e. The molecule has 22 heavy (non-hydrogen) atoms. The Hall–Kier alpha value is -1.70. The third kappa shape index (κ3) is 3.94. The molecule has 0 unspecified atom stereocenters. The number of primary amides is 1. The van der Waals surface area contributed by atoms with Crippen molar-refractivity contribution in [1.29, 1.82) is 0 Å². The lowest BCUT2D eigenvalue weighted by atomic mass is 10.0. The molecule has 122 valence electrons. The molecule has 0 saturated carbocycles. The van der Waals surface area contributed by atoms with Crippen LogP contribution in [-0.4, -0.2) is 30.1 Å². The van der Waals surface area contributed by atoms with Gasteiger partial charge >= 0.3 is 12.2 Å². The van der Waals surface area contributed by atoms with Gasteiger partial charge in [-0.1, -0.05) is 11.6 Å². The standard InChI is InChI=1S/C13H16ClF3N4O/c14-10-5-8(13(15,16)17)6-19-11(10)21-4-2-1-3-9(21)7-20-12(18)22/h5-6,9H,1-4,7H2,(H3,18,20,22)/t9-/m0/s1. The Morgan fingerprint density at radius 1 is 1.50 bits per heavy atom. The Morgan fingerprint density at radius 3 is 2.82 bits per heavy atom. The normalized spacial score (nSPS) is 19.1. The van der Waals surface area contributed by atoms with Crippen molar-refractivity contribution >= 4 is 23.4 Å². The predicted octanol–water partition coefficient (Wildman–Crippen LogP) is 2.78. The molecule has 1 aliphatic rings.